The lowest BCUT2D eigenvalue weighted by Crippen LogP contribution is -2.54. The summed E-state index contributed by atoms with van der Waals surface area (Å²) in [6.07, 6.45) is 2.11. The summed E-state index contributed by atoms with van der Waals surface area (Å²) in [5.41, 5.74) is 1.38. The van der Waals surface area contributed by atoms with Gasteiger partial charge in [0.1, 0.15) is 23.8 Å². The Morgan fingerprint density at radius 1 is 1.28 bits per heavy atom. The van der Waals surface area contributed by atoms with Gasteiger partial charge >= 0.3 is 12.0 Å². The number of aryl methyl sites for hydroxylation is 1. The van der Waals surface area contributed by atoms with Gasteiger partial charge in [0, 0.05) is 10.9 Å². The highest BCUT2D eigenvalue weighted by molar-refractivity contribution is 6.30. The zero-order chi connectivity index (χ0) is 23.3. The van der Waals surface area contributed by atoms with Crippen LogP contribution in [0, 0.1) is 18.3 Å². The normalized spacial score (nSPS) is 24.8. The summed E-state index contributed by atoms with van der Waals surface area (Å²) < 4.78 is 5.34. The van der Waals surface area contributed by atoms with E-state index in [4.69, 9.17) is 16.3 Å². The van der Waals surface area contributed by atoms with Crippen LogP contribution in [-0.2, 0) is 20.9 Å². The number of imide groups is 1. The second-order valence-corrected chi connectivity index (χ2v) is 10.4. The molecule has 3 amide bonds. The summed E-state index contributed by atoms with van der Waals surface area (Å²) in [7, 11) is 0. The Morgan fingerprint density at radius 3 is 2.75 bits per heavy atom. The molecule has 2 aromatic rings. The van der Waals surface area contributed by atoms with Crippen molar-refractivity contribution in [3.05, 3.63) is 40.5 Å². The highest BCUT2D eigenvalue weighted by Gasteiger charge is 2.56. The van der Waals surface area contributed by atoms with E-state index in [1.165, 1.54) is 0 Å². The molecule has 7 nitrogen and oxygen atoms in total. The van der Waals surface area contributed by atoms with Gasteiger partial charge in [-0.3, -0.25) is 14.5 Å². The van der Waals surface area contributed by atoms with Gasteiger partial charge in [0.15, 0.2) is 0 Å². The molecule has 2 atom stereocenters. The van der Waals surface area contributed by atoms with Crippen LogP contribution < -0.4 is 5.32 Å². The number of carbonyl (C=O) groups is 3. The zero-order valence-corrected chi connectivity index (χ0v) is 19.6. The number of hydrogen-bond acceptors (Lipinski definition) is 5. The zero-order valence-electron chi connectivity index (χ0n) is 18.8. The van der Waals surface area contributed by atoms with E-state index < -0.39 is 24.1 Å². The van der Waals surface area contributed by atoms with Crippen molar-refractivity contribution < 1.29 is 19.1 Å². The standard InChI is InChI=1S/C24H28ClN3O4/c1-14-5-6-16-8-17(20(25)26-18(16)7-14)12-32-19(29)11-28-21(30)24(27-22(28)31)10-15(2)9-23(3,4)13-24/h5-8,15H,9-13H2,1-4H3,(H,27,31)/t15-,24-/m1/s1. The van der Waals surface area contributed by atoms with Crippen LogP contribution in [0.4, 0.5) is 4.79 Å². The fraction of sp³-hybridized carbons (Fsp3) is 0.500. The van der Waals surface area contributed by atoms with Gasteiger partial charge in [-0.1, -0.05) is 44.5 Å². The van der Waals surface area contributed by atoms with Crippen molar-refractivity contribution in [2.45, 2.75) is 59.1 Å². The second-order valence-electron chi connectivity index (χ2n) is 10.1. The molecule has 0 bridgehead atoms. The first kappa shape index (κ1) is 22.5. The molecule has 8 heteroatoms. The maximum Gasteiger partial charge on any atom is 0.326 e. The Bertz CT molecular complexity index is 1120. The summed E-state index contributed by atoms with van der Waals surface area (Å²) >= 11 is 6.26. The van der Waals surface area contributed by atoms with E-state index in [1.54, 1.807) is 0 Å². The topological polar surface area (TPSA) is 88.6 Å². The molecule has 1 aromatic heterocycles. The molecule has 2 fully saturated rings. The van der Waals surface area contributed by atoms with E-state index in [2.05, 4.69) is 31.1 Å². The lowest BCUT2D eigenvalue weighted by molar-refractivity contribution is -0.149. The smallest absolute Gasteiger partial charge is 0.326 e. The first-order chi connectivity index (χ1) is 15.0. The van der Waals surface area contributed by atoms with Crippen molar-refractivity contribution in [3.63, 3.8) is 0 Å². The quantitative estimate of drug-likeness (QED) is 0.418. The molecule has 170 valence electrons. The number of nitrogens with one attached hydrogen (secondary N) is 1. The van der Waals surface area contributed by atoms with Crippen LogP contribution in [0.1, 0.15) is 51.2 Å². The average Bonchev–Trinajstić information content (AvgIpc) is 2.88. The molecule has 0 radical (unpaired) electrons. The number of halogens is 1. The van der Waals surface area contributed by atoms with E-state index in [1.807, 2.05) is 31.2 Å². The number of esters is 1. The second kappa shape index (κ2) is 8.03. The fourth-order valence-electron chi connectivity index (χ4n) is 5.38. The summed E-state index contributed by atoms with van der Waals surface area (Å²) in [5, 5.41) is 4.00. The summed E-state index contributed by atoms with van der Waals surface area (Å²) in [4.78, 5) is 43.6. The third kappa shape index (κ3) is 4.31. The minimum Gasteiger partial charge on any atom is -0.459 e. The minimum atomic E-state index is -0.942. The van der Waals surface area contributed by atoms with Gasteiger partial charge < -0.3 is 10.1 Å². The van der Waals surface area contributed by atoms with Crippen LogP contribution in [-0.4, -0.2) is 39.9 Å². The molecule has 2 heterocycles. The van der Waals surface area contributed by atoms with E-state index in [0.29, 0.717) is 24.3 Å². The Kier molecular flexibility index (Phi) is 5.65. The molecule has 1 aliphatic carbocycles. The number of aromatic nitrogens is 1. The third-order valence-electron chi connectivity index (χ3n) is 6.30. The SMILES string of the molecule is Cc1ccc2cc(COC(=O)CN3C(=O)N[C@@]4(C[C@H](C)CC(C)(C)C4)C3=O)c(Cl)nc2c1. The number of nitrogens with zero attached hydrogens (tertiary/aromatic N) is 2. The summed E-state index contributed by atoms with van der Waals surface area (Å²) in [6.45, 7) is 7.74. The Balaban J connectivity index is 1.43. The monoisotopic (exact) mass is 457 g/mol. The first-order valence-electron chi connectivity index (χ1n) is 10.8. The van der Waals surface area contributed by atoms with Gasteiger partial charge in [-0.2, -0.15) is 0 Å². The predicted octanol–water partition coefficient (Wildman–Crippen LogP) is 4.38. The number of fused-ring (bicyclic) bond motifs is 1. The molecular formula is C24H28ClN3O4. The van der Waals surface area contributed by atoms with E-state index in [0.717, 1.165) is 27.8 Å². The average molecular weight is 458 g/mol. The van der Waals surface area contributed by atoms with Crippen molar-refractivity contribution in [2.24, 2.45) is 11.3 Å². The highest BCUT2D eigenvalue weighted by Crippen LogP contribution is 2.46. The van der Waals surface area contributed by atoms with Crippen LogP contribution in [0.5, 0.6) is 0 Å². The number of amides is 3. The van der Waals surface area contributed by atoms with Crippen LogP contribution in [0.2, 0.25) is 5.15 Å². The van der Waals surface area contributed by atoms with Crippen molar-refractivity contribution in [3.8, 4) is 0 Å². The van der Waals surface area contributed by atoms with Crippen molar-refractivity contribution in [1.29, 1.82) is 0 Å². The van der Waals surface area contributed by atoms with E-state index in [9.17, 15) is 14.4 Å². The Morgan fingerprint density at radius 2 is 2.03 bits per heavy atom. The predicted molar refractivity (Wildman–Crippen MR) is 121 cm³/mol. The van der Waals surface area contributed by atoms with Crippen molar-refractivity contribution >= 4 is 40.4 Å². The fourth-order valence-corrected chi connectivity index (χ4v) is 5.58. The molecule has 0 unspecified atom stereocenters. The van der Waals surface area contributed by atoms with Gasteiger partial charge in [-0.15, -0.1) is 0 Å². The lowest BCUT2D eigenvalue weighted by Gasteiger charge is -2.43. The molecule has 1 saturated carbocycles. The molecule has 1 aromatic carbocycles. The minimum absolute atomic E-state index is 0.0739. The van der Waals surface area contributed by atoms with Crippen LogP contribution in [0.25, 0.3) is 10.9 Å². The van der Waals surface area contributed by atoms with Crippen molar-refractivity contribution in [2.75, 3.05) is 6.54 Å². The number of hydrogen-bond donors (Lipinski definition) is 1. The number of ether oxygens (including phenoxy) is 1. The number of pyridine rings is 1. The van der Waals surface area contributed by atoms with Crippen molar-refractivity contribution in [1.82, 2.24) is 15.2 Å². The first-order valence-corrected chi connectivity index (χ1v) is 11.2. The van der Waals surface area contributed by atoms with E-state index in [-0.39, 0.29) is 23.1 Å². The lowest BCUT2D eigenvalue weighted by atomic mass is 9.64. The molecule has 32 heavy (non-hydrogen) atoms. The number of rotatable bonds is 4. The van der Waals surface area contributed by atoms with Gasteiger partial charge in [0.25, 0.3) is 5.91 Å². The largest absolute Gasteiger partial charge is 0.459 e. The number of carbonyl (C=O) groups excluding carboxylic acids is 3. The summed E-state index contributed by atoms with van der Waals surface area (Å²) in [5.74, 6) is -0.727. The molecule has 4 rings (SSSR count). The molecular weight excluding hydrogens is 430 g/mol. The maximum absolute atomic E-state index is 13.2. The molecule has 2 aliphatic rings. The molecule has 1 aliphatic heterocycles. The highest BCUT2D eigenvalue weighted by atomic mass is 35.5. The molecule has 1 N–H and O–H groups in total. The van der Waals surface area contributed by atoms with Crippen LogP contribution >= 0.6 is 11.6 Å². The third-order valence-corrected chi connectivity index (χ3v) is 6.63. The molecule has 1 spiro atoms. The number of urea groups is 1. The van der Waals surface area contributed by atoms with Gasteiger partial charge in [-0.05, 0) is 55.2 Å². The van der Waals surface area contributed by atoms with Gasteiger partial charge in [0.2, 0.25) is 0 Å². The van der Waals surface area contributed by atoms with Gasteiger partial charge in [-0.25, -0.2) is 9.78 Å². The Labute approximate surface area is 192 Å². The van der Waals surface area contributed by atoms with E-state index >= 15 is 0 Å². The number of benzene rings is 1. The molecule has 1 saturated heterocycles. The van der Waals surface area contributed by atoms with Crippen LogP contribution in [0.3, 0.4) is 0 Å². The Hall–Kier alpha value is -2.67. The van der Waals surface area contributed by atoms with Gasteiger partial charge in [0.05, 0.1) is 5.52 Å². The van der Waals surface area contributed by atoms with Crippen LogP contribution in [0.15, 0.2) is 24.3 Å². The summed E-state index contributed by atoms with van der Waals surface area (Å²) in [6, 6.07) is 7.11. The maximum atomic E-state index is 13.2.